The summed E-state index contributed by atoms with van der Waals surface area (Å²) in [6, 6.07) is 0. The van der Waals surface area contributed by atoms with Crippen molar-refractivity contribution in [3.05, 3.63) is 0 Å². The molecule has 0 unspecified atom stereocenters. The highest BCUT2D eigenvalue weighted by Gasteiger charge is 2.33. The molecule has 0 aliphatic heterocycles. The lowest BCUT2D eigenvalue weighted by Crippen LogP contribution is -2.34. The van der Waals surface area contributed by atoms with Crippen LogP contribution in [0.3, 0.4) is 0 Å². The minimum Gasteiger partial charge on any atom is -0.481 e. The average molecular weight is 270 g/mol. The smallest absolute Gasteiger partial charge is 0.313 e. The van der Waals surface area contributed by atoms with E-state index in [4.69, 9.17) is 10.8 Å². The molecule has 7 heteroatoms. The van der Waals surface area contributed by atoms with Crippen molar-refractivity contribution < 1.29 is 9.90 Å². The molecule has 100 valence electrons. The van der Waals surface area contributed by atoms with Crippen molar-refractivity contribution in [2.24, 2.45) is 0 Å². The van der Waals surface area contributed by atoms with E-state index in [9.17, 15) is 4.79 Å². The second kappa shape index (κ2) is 5.17. The number of hydrogen-bond acceptors (Lipinski definition) is 5. The van der Waals surface area contributed by atoms with E-state index in [0.717, 1.165) is 25.7 Å². The maximum absolute atomic E-state index is 10.6. The van der Waals surface area contributed by atoms with Crippen molar-refractivity contribution in [3.63, 3.8) is 0 Å². The Morgan fingerprint density at radius 1 is 1.44 bits per heavy atom. The van der Waals surface area contributed by atoms with Crippen LogP contribution in [-0.4, -0.2) is 31.6 Å². The average Bonchev–Trinajstić information content (AvgIpc) is 2.69. The molecule has 0 spiro atoms. The summed E-state index contributed by atoms with van der Waals surface area (Å²) in [6.45, 7) is 2.15. The number of nitrogens with zero attached hydrogens (tertiary/aromatic N) is 3. The molecule has 1 saturated carbocycles. The number of carboxylic acids is 1. The lowest BCUT2D eigenvalue weighted by Gasteiger charge is -2.36. The van der Waals surface area contributed by atoms with Crippen molar-refractivity contribution in [2.75, 3.05) is 11.5 Å². The van der Waals surface area contributed by atoms with Crippen LogP contribution in [0, 0.1) is 0 Å². The molecule has 18 heavy (non-hydrogen) atoms. The maximum Gasteiger partial charge on any atom is 0.313 e. The second-order valence-corrected chi connectivity index (χ2v) is 5.86. The maximum atomic E-state index is 10.6. The van der Waals surface area contributed by atoms with E-state index in [1.54, 1.807) is 0 Å². The van der Waals surface area contributed by atoms with Gasteiger partial charge in [-0.05, 0) is 19.8 Å². The van der Waals surface area contributed by atoms with Gasteiger partial charge in [0, 0.05) is 5.54 Å². The van der Waals surface area contributed by atoms with Gasteiger partial charge in [0.05, 0.1) is 5.75 Å². The predicted octanol–water partition coefficient (Wildman–Crippen LogP) is 1.72. The third kappa shape index (κ3) is 2.60. The highest BCUT2D eigenvalue weighted by molar-refractivity contribution is 7.99. The summed E-state index contributed by atoms with van der Waals surface area (Å²) < 4.78 is 1.92. The van der Waals surface area contributed by atoms with Gasteiger partial charge in [-0.15, -0.1) is 10.2 Å². The molecular formula is C11H18N4O2S. The van der Waals surface area contributed by atoms with E-state index in [0.29, 0.717) is 11.1 Å². The van der Waals surface area contributed by atoms with Crippen LogP contribution in [0.4, 0.5) is 5.95 Å². The summed E-state index contributed by atoms with van der Waals surface area (Å²) >= 11 is 1.18. The van der Waals surface area contributed by atoms with Gasteiger partial charge in [-0.25, -0.2) is 0 Å². The third-order valence-corrected chi connectivity index (χ3v) is 4.37. The summed E-state index contributed by atoms with van der Waals surface area (Å²) in [4.78, 5) is 10.6. The summed E-state index contributed by atoms with van der Waals surface area (Å²) in [7, 11) is 0. The van der Waals surface area contributed by atoms with E-state index in [1.807, 2.05) is 4.57 Å². The molecule has 0 bridgehead atoms. The van der Waals surface area contributed by atoms with Gasteiger partial charge in [0.1, 0.15) is 0 Å². The molecule has 1 aromatic heterocycles. The fraction of sp³-hybridized carbons (Fsp3) is 0.727. The van der Waals surface area contributed by atoms with Gasteiger partial charge in [0.2, 0.25) is 5.95 Å². The zero-order chi connectivity index (χ0) is 13.2. The molecule has 0 radical (unpaired) electrons. The van der Waals surface area contributed by atoms with E-state index in [2.05, 4.69) is 17.1 Å². The monoisotopic (exact) mass is 270 g/mol. The number of rotatable bonds is 4. The van der Waals surface area contributed by atoms with Crippen LogP contribution in [-0.2, 0) is 10.3 Å². The molecule has 0 saturated heterocycles. The van der Waals surface area contributed by atoms with Crippen molar-refractivity contribution >= 4 is 23.7 Å². The molecule has 1 aliphatic rings. The van der Waals surface area contributed by atoms with Crippen molar-refractivity contribution in [2.45, 2.75) is 49.7 Å². The summed E-state index contributed by atoms with van der Waals surface area (Å²) in [5.41, 5.74) is 5.82. The molecule has 0 amide bonds. The fourth-order valence-corrected chi connectivity index (χ4v) is 3.34. The first-order chi connectivity index (χ1) is 8.53. The largest absolute Gasteiger partial charge is 0.481 e. The molecule has 2 rings (SSSR count). The Kier molecular flexibility index (Phi) is 3.79. The first-order valence-corrected chi connectivity index (χ1v) is 7.07. The Balaban J connectivity index is 2.25. The van der Waals surface area contributed by atoms with E-state index in [-0.39, 0.29) is 11.3 Å². The number of carboxylic acid groups (broad SMARTS) is 1. The number of thioether (sulfide) groups is 1. The first-order valence-electron chi connectivity index (χ1n) is 6.09. The zero-order valence-electron chi connectivity index (χ0n) is 10.4. The van der Waals surface area contributed by atoms with Gasteiger partial charge in [0.25, 0.3) is 0 Å². The predicted molar refractivity (Wildman–Crippen MR) is 69.5 cm³/mol. The molecule has 6 nitrogen and oxygen atoms in total. The van der Waals surface area contributed by atoms with Gasteiger partial charge in [-0.1, -0.05) is 31.0 Å². The Morgan fingerprint density at radius 3 is 2.72 bits per heavy atom. The number of nitrogens with two attached hydrogens (primary N) is 1. The molecule has 3 N–H and O–H groups in total. The fourth-order valence-electron chi connectivity index (χ4n) is 2.55. The molecular weight excluding hydrogens is 252 g/mol. The normalized spacial score (nSPS) is 18.7. The lowest BCUT2D eigenvalue weighted by molar-refractivity contribution is -0.133. The Labute approximate surface area is 110 Å². The number of aromatic nitrogens is 3. The molecule has 0 atom stereocenters. The van der Waals surface area contributed by atoms with Crippen LogP contribution < -0.4 is 5.73 Å². The lowest BCUT2D eigenvalue weighted by atomic mass is 9.83. The van der Waals surface area contributed by atoms with Crippen molar-refractivity contribution in [3.8, 4) is 0 Å². The summed E-state index contributed by atoms with van der Waals surface area (Å²) in [5, 5.41) is 17.2. The Bertz CT molecular complexity index is 440. The number of nitrogen functional groups attached to an aromatic ring is 1. The summed E-state index contributed by atoms with van der Waals surface area (Å²) in [6.07, 6.45) is 5.65. The van der Waals surface area contributed by atoms with E-state index < -0.39 is 5.97 Å². The van der Waals surface area contributed by atoms with Gasteiger partial charge in [0.15, 0.2) is 5.16 Å². The first kappa shape index (κ1) is 13.2. The van der Waals surface area contributed by atoms with Crippen molar-refractivity contribution in [1.82, 2.24) is 14.8 Å². The highest BCUT2D eigenvalue weighted by Crippen LogP contribution is 2.38. The van der Waals surface area contributed by atoms with Crippen LogP contribution in [0.5, 0.6) is 0 Å². The van der Waals surface area contributed by atoms with Gasteiger partial charge in [-0.2, -0.15) is 0 Å². The molecule has 1 heterocycles. The van der Waals surface area contributed by atoms with Gasteiger partial charge >= 0.3 is 5.97 Å². The number of aliphatic carboxylic acids is 1. The van der Waals surface area contributed by atoms with Gasteiger partial charge in [-0.3, -0.25) is 9.36 Å². The van der Waals surface area contributed by atoms with Crippen LogP contribution >= 0.6 is 11.8 Å². The SMILES string of the molecule is CC1(n2c(N)nnc2SCC(=O)O)CCCCC1. The standard InChI is InChI=1S/C11H18N4O2S/c1-11(5-3-2-4-6-11)15-9(12)13-14-10(15)18-7-8(16)17/h2-7H2,1H3,(H2,12,13)(H,16,17). The number of hydrogen-bond donors (Lipinski definition) is 2. The number of carbonyl (C=O) groups is 1. The molecule has 0 aromatic carbocycles. The van der Waals surface area contributed by atoms with Crippen LogP contribution in [0.25, 0.3) is 0 Å². The van der Waals surface area contributed by atoms with Crippen LogP contribution in [0.1, 0.15) is 39.0 Å². The quantitative estimate of drug-likeness (QED) is 0.809. The Morgan fingerprint density at radius 2 is 2.11 bits per heavy atom. The zero-order valence-corrected chi connectivity index (χ0v) is 11.2. The molecule has 1 aliphatic carbocycles. The van der Waals surface area contributed by atoms with Crippen LogP contribution in [0.2, 0.25) is 0 Å². The van der Waals surface area contributed by atoms with E-state index >= 15 is 0 Å². The van der Waals surface area contributed by atoms with E-state index in [1.165, 1.54) is 18.2 Å². The second-order valence-electron chi connectivity index (χ2n) is 4.92. The summed E-state index contributed by atoms with van der Waals surface area (Å²) in [5.74, 6) is -0.497. The topological polar surface area (TPSA) is 94.0 Å². The molecule has 1 aromatic rings. The third-order valence-electron chi connectivity index (χ3n) is 3.45. The Hall–Kier alpha value is -1.24. The minimum absolute atomic E-state index is 0.0196. The number of anilines is 1. The van der Waals surface area contributed by atoms with Crippen LogP contribution in [0.15, 0.2) is 5.16 Å². The molecule has 1 fully saturated rings. The van der Waals surface area contributed by atoms with Gasteiger partial charge < -0.3 is 10.8 Å². The highest BCUT2D eigenvalue weighted by atomic mass is 32.2. The minimum atomic E-state index is -0.859. The van der Waals surface area contributed by atoms with Crippen molar-refractivity contribution in [1.29, 1.82) is 0 Å².